The maximum Gasteiger partial charge on any atom is 0.156 e. The maximum atomic E-state index is 8.81. The van der Waals surface area contributed by atoms with Gasteiger partial charge in [-0.1, -0.05) is 31.8 Å². The Kier molecular flexibility index (Phi) is 5.75. The predicted octanol–water partition coefficient (Wildman–Crippen LogP) is 2.41. The Labute approximate surface area is 105 Å². The van der Waals surface area contributed by atoms with Gasteiger partial charge in [-0.2, -0.15) is 0 Å². The van der Waals surface area contributed by atoms with Crippen LogP contribution in [0, 0.1) is 5.92 Å². The average molecular weight is 241 g/mol. The topological polar surface area (TPSA) is 61.8 Å². The van der Waals surface area contributed by atoms with Gasteiger partial charge in [-0.25, -0.2) is 0 Å². The fraction of sp³-hybridized carbons (Fsp3) is 0.923. The molecule has 1 atom stereocenters. The third-order valence-corrected chi connectivity index (χ3v) is 3.80. The molecule has 1 aliphatic rings. The van der Waals surface area contributed by atoms with Crippen LogP contribution in [0.2, 0.25) is 0 Å². The van der Waals surface area contributed by atoms with E-state index in [1.54, 1.807) is 0 Å². The largest absolute Gasteiger partial charge is 0.409 e. The zero-order valence-electron chi connectivity index (χ0n) is 11.4. The van der Waals surface area contributed by atoms with Crippen molar-refractivity contribution in [2.24, 2.45) is 16.8 Å². The lowest BCUT2D eigenvalue weighted by atomic mass is 10.1. The summed E-state index contributed by atoms with van der Waals surface area (Å²) < 4.78 is 0. The van der Waals surface area contributed by atoms with E-state index in [1.807, 2.05) is 6.92 Å². The molecule has 1 rings (SSSR count). The van der Waals surface area contributed by atoms with Gasteiger partial charge < -0.3 is 10.9 Å². The van der Waals surface area contributed by atoms with E-state index in [0.717, 1.165) is 6.54 Å². The second-order valence-corrected chi connectivity index (χ2v) is 5.56. The van der Waals surface area contributed by atoms with Gasteiger partial charge in [0.2, 0.25) is 0 Å². The molecule has 1 unspecified atom stereocenters. The van der Waals surface area contributed by atoms with Gasteiger partial charge in [0, 0.05) is 6.04 Å². The number of hydrogen-bond acceptors (Lipinski definition) is 3. The third-order valence-electron chi connectivity index (χ3n) is 3.80. The first-order valence-corrected chi connectivity index (χ1v) is 6.79. The highest BCUT2D eigenvalue weighted by Crippen LogP contribution is 2.25. The van der Waals surface area contributed by atoms with Gasteiger partial charge in [-0.15, -0.1) is 0 Å². The third kappa shape index (κ3) is 4.19. The molecule has 0 aromatic rings. The van der Waals surface area contributed by atoms with Crippen LogP contribution in [0.4, 0.5) is 0 Å². The lowest BCUT2D eigenvalue weighted by Crippen LogP contribution is -2.48. The zero-order chi connectivity index (χ0) is 12.8. The number of nitrogens with zero attached hydrogens (tertiary/aromatic N) is 2. The lowest BCUT2D eigenvalue weighted by molar-refractivity contribution is 0.167. The molecule has 0 amide bonds. The summed E-state index contributed by atoms with van der Waals surface area (Å²) in [5.41, 5.74) is 5.75. The van der Waals surface area contributed by atoms with Crippen molar-refractivity contribution in [3.8, 4) is 0 Å². The van der Waals surface area contributed by atoms with E-state index in [1.165, 1.54) is 32.1 Å². The summed E-state index contributed by atoms with van der Waals surface area (Å²) >= 11 is 0. The highest BCUT2D eigenvalue weighted by Gasteiger charge is 2.28. The van der Waals surface area contributed by atoms with Crippen molar-refractivity contribution >= 4 is 5.84 Å². The van der Waals surface area contributed by atoms with Crippen LogP contribution in [0.15, 0.2) is 5.16 Å². The molecule has 0 heterocycles. The van der Waals surface area contributed by atoms with Crippen LogP contribution in [0.1, 0.15) is 52.9 Å². The number of hydrogen-bond donors (Lipinski definition) is 2. The summed E-state index contributed by atoms with van der Waals surface area (Å²) in [4.78, 5) is 2.42. The van der Waals surface area contributed by atoms with E-state index in [-0.39, 0.29) is 6.04 Å². The maximum absolute atomic E-state index is 8.81. The molecule has 0 bridgehead atoms. The fourth-order valence-corrected chi connectivity index (χ4v) is 2.59. The summed E-state index contributed by atoms with van der Waals surface area (Å²) in [6.45, 7) is 7.55. The highest BCUT2D eigenvalue weighted by atomic mass is 16.4. The van der Waals surface area contributed by atoms with Crippen molar-refractivity contribution in [2.75, 3.05) is 6.54 Å². The van der Waals surface area contributed by atoms with E-state index < -0.39 is 0 Å². The standard InChI is InChI=1S/C13H27N3O/c1-10(2)8-9-16(11(3)13(14)15-17)12-6-4-5-7-12/h10-12,17H,4-9H2,1-3H3,(H2,14,15). The smallest absolute Gasteiger partial charge is 0.156 e. The first kappa shape index (κ1) is 14.3. The number of rotatable bonds is 6. The Hall–Kier alpha value is -0.770. The molecule has 100 valence electrons. The van der Waals surface area contributed by atoms with Gasteiger partial charge in [-0.05, 0) is 38.6 Å². The van der Waals surface area contributed by atoms with Crippen LogP contribution in [-0.2, 0) is 0 Å². The SMILES string of the molecule is CC(C)CCN(C1CCCC1)C(C)C(N)=NO. The molecule has 0 aromatic carbocycles. The Morgan fingerprint density at radius 2 is 1.94 bits per heavy atom. The Morgan fingerprint density at radius 1 is 1.35 bits per heavy atom. The normalized spacial score (nSPS) is 20.4. The van der Waals surface area contributed by atoms with E-state index in [9.17, 15) is 0 Å². The highest BCUT2D eigenvalue weighted by molar-refractivity contribution is 5.84. The van der Waals surface area contributed by atoms with Crippen molar-refractivity contribution in [3.05, 3.63) is 0 Å². The number of amidine groups is 1. The van der Waals surface area contributed by atoms with Crippen molar-refractivity contribution < 1.29 is 5.21 Å². The second kappa shape index (κ2) is 6.84. The van der Waals surface area contributed by atoms with E-state index >= 15 is 0 Å². The van der Waals surface area contributed by atoms with Crippen molar-refractivity contribution in [2.45, 2.75) is 65.0 Å². The van der Waals surface area contributed by atoms with Gasteiger partial charge in [0.15, 0.2) is 5.84 Å². The van der Waals surface area contributed by atoms with Crippen molar-refractivity contribution in [1.29, 1.82) is 0 Å². The van der Waals surface area contributed by atoms with Crippen LogP contribution >= 0.6 is 0 Å². The van der Waals surface area contributed by atoms with Crippen molar-refractivity contribution in [3.63, 3.8) is 0 Å². The predicted molar refractivity (Wildman–Crippen MR) is 71.3 cm³/mol. The summed E-state index contributed by atoms with van der Waals surface area (Å²) in [7, 11) is 0. The Morgan fingerprint density at radius 3 is 2.41 bits per heavy atom. The van der Waals surface area contributed by atoms with E-state index in [2.05, 4.69) is 23.9 Å². The molecule has 17 heavy (non-hydrogen) atoms. The summed E-state index contributed by atoms with van der Waals surface area (Å²) in [5, 5.41) is 12.0. The van der Waals surface area contributed by atoms with Gasteiger partial charge >= 0.3 is 0 Å². The molecule has 0 aromatic heterocycles. The monoisotopic (exact) mass is 241 g/mol. The van der Waals surface area contributed by atoms with Gasteiger partial charge in [0.05, 0.1) is 6.04 Å². The minimum absolute atomic E-state index is 0.0434. The molecule has 0 saturated heterocycles. The number of oxime groups is 1. The molecule has 4 heteroatoms. The molecule has 0 radical (unpaired) electrons. The van der Waals surface area contributed by atoms with Gasteiger partial charge in [0.25, 0.3) is 0 Å². The molecule has 1 aliphatic carbocycles. The van der Waals surface area contributed by atoms with Crippen LogP contribution in [0.25, 0.3) is 0 Å². The molecule has 1 saturated carbocycles. The Bertz CT molecular complexity index is 247. The minimum atomic E-state index is 0.0434. The van der Waals surface area contributed by atoms with Gasteiger partial charge in [0.1, 0.15) is 0 Å². The lowest BCUT2D eigenvalue weighted by Gasteiger charge is -2.34. The molecule has 0 aliphatic heterocycles. The minimum Gasteiger partial charge on any atom is -0.409 e. The van der Waals surface area contributed by atoms with Crippen LogP contribution < -0.4 is 5.73 Å². The summed E-state index contributed by atoms with van der Waals surface area (Å²) in [6.07, 6.45) is 6.29. The molecule has 1 fully saturated rings. The van der Waals surface area contributed by atoms with E-state index in [4.69, 9.17) is 10.9 Å². The van der Waals surface area contributed by atoms with Gasteiger partial charge in [-0.3, -0.25) is 4.90 Å². The van der Waals surface area contributed by atoms with Crippen LogP contribution in [0.3, 0.4) is 0 Å². The molecule has 0 spiro atoms. The quantitative estimate of drug-likeness (QED) is 0.325. The van der Waals surface area contributed by atoms with Crippen LogP contribution in [0.5, 0.6) is 0 Å². The average Bonchev–Trinajstić information content (AvgIpc) is 2.81. The zero-order valence-corrected chi connectivity index (χ0v) is 11.4. The Balaban J connectivity index is 2.63. The summed E-state index contributed by atoms with van der Waals surface area (Å²) in [5.74, 6) is 1.03. The molecular formula is C13H27N3O. The fourth-order valence-electron chi connectivity index (χ4n) is 2.59. The first-order chi connectivity index (χ1) is 8.06. The summed E-state index contributed by atoms with van der Waals surface area (Å²) in [6, 6.07) is 0.658. The van der Waals surface area contributed by atoms with Crippen molar-refractivity contribution in [1.82, 2.24) is 4.90 Å². The molecule has 3 N–H and O–H groups in total. The second-order valence-electron chi connectivity index (χ2n) is 5.56. The molecular weight excluding hydrogens is 214 g/mol. The molecule has 4 nitrogen and oxygen atoms in total. The first-order valence-electron chi connectivity index (χ1n) is 6.79. The van der Waals surface area contributed by atoms with Crippen LogP contribution in [-0.4, -0.2) is 34.6 Å². The van der Waals surface area contributed by atoms with E-state index in [0.29, 0.717) is 17.8 Å². The number of nitrogens with two attached hydrogens (primary N) is 1.